The average Bonchev–Trinajstić information content (AvgIpc) is 3.14. The molecule has 3 rings (SSSR count). The van der Waals surface area contributed by atoms with Crippen LogP contribution in [-0.2, 0) is 11.3 Å². The van der Waals surface area contributed by atoms with Crippen molar-refractivity contribution in [1.29, 1.82) is 0 Å². The van der Waals surface area contributed by atoms with E-state index in [1.54, 1.807) is 0 Å². The molecular weight excluding hydrogens is 310 g/mol. The molecule has 0 radical (unpaired) electrons. The van der Waals surface area contributed by atoms with Crippen LogP contribution in [0.15, 0.2) is 42.7 Å². The van der Waals surface area contributed by atoms with E-state index in [4.69, 9.17) is 0 Å². The van der Waals surface area contributed by atoms with Gasteiger partial charge in [0.15, 0.2) is 0 Å². The number of rotatable bonds is 8. The molecule has 0 spiro atoms. The predicted molar refractivity (Wildman–Crippen MR) is 101 cm³/mol. The highest BCUT2D eigenvalue weighted by Crippen LogP contribution is 2.27. The number of nitrogens with zero attached hydrogens (tertiary/aromatic N) is 2. The van der Waals surface area contributed by atoms with Gasteiger partial charge in [0.1, 0.15) is 5.82 Å². The Morgan fingerprint density at radius 3 is 2.76 bits per heavy atom. The van der Waals surface area contributed by atoms with Crippen molar-refractivity contribution in [2.45, 2.75) is 57.9 Å². The van der Waals surface area contributed by atoms with E-state index in [0.717, 1.165) is 43.2 Å². The fourth-order valence-corrected chi connectivity index (χ4v) is 3.71. The Morgan fingerprint density at radius 2 is 1.96 bits per heavy atom. The minimum atomic E-state index is 0.208. The monoisotopic (exact) mass is 339 g/mol. The first-order valence-corrected chi connectivity index (χ1v) is 9.66. The van der Waals surface area contributed by atoms with Crippen LogP contribution >= 0.6 is 0 Å². The molecule has 0 aliphatic heterocycles. The molecule has 1 aliphatic carbocycles. The SMILES string of the molecule is O=C(CCC1CCCCC1)NCCCn1ccnc1-c1ccccc1. The van der Waals surface area contributed by atoms with Gasteiger partial charge in [0.25, 0.3) is 0 Å². The number of hydrogen-bond acceptors (Lipinski definition) is 2. The van der Waals surface area contributed by atoms with Crippen LogP contribution in [0.3, 0.4) is 0 Å². The Labute approximate surface area is 150 Å². The number of imidazole rings is 1. The highest BCUT2D eigenvalue weighted by molar-refractivity contribution is 5.75. The zero-order valence-corrected chi connectivity index (χ0v) is 15.0. The van der Waals surface area contributed by atoms with E-state index in [9.17, 15) is 4.79 Å². The fraction of sp³-hybridized carbons (Fsp3) is 0.524. The number of nitrogens with one attached hydrogen (secondary N) is 1. The molecule has 1 saturated carbocycles. The van der Waals surface area contributed by atoms with Crippen molar-refractivity contribution >= 4 is 5.91 Å². The second-order valence-electron chi connectivity index (χ2n) is 7.06. The van der Waals surface area contributed by atoms with Crippen LogP contribution in [0.25, 0.3) is 11.4 Å². The zero-order chi connectivity index (χ0) is 17.3. The molecule has 1 aliphatic rings. The van der Waals surface area contributed by atoms with Crippen LogP contribution in [0.4, 0.5) is 0 Å². The first-order chi connectivity index (χ1) is 12.3. The molecule has 0 saturated heterocycles. The number of aryl methyl sites for hydroxylation is 1. The molecule has 134 valence electrons. The maximum atomic E-state index is 12.0. The van der Waals surface area contributed by atoms with Crippen LogP contribution < -0.4 is 5.32 Å². The standard InChI is InChI=1S/C21H29N3O/c25-20(13-12-18-8-3-1-4-9-18)22-14-7-16-24-17-15-23-21(24)19-10-5-2-6-11-19/h2,5-6,10-11,15,17-18H,1,3-4,7-9,12-14,16H2,(H,22,25). The fourth-order valence-electron chi connectivity index (χ4n) is 3.71. The topological polar surface area (TPSA) is 46.9 Å². The Kier molecular flexibility index (Phi) is 6.66. The summed E-state index contributed by atoms with van der Waals surface area (Å²) < 4.78 is 2.16. The number of aromatic nitrogens is 2. The van der Waals surface area contributed by atoms with E-state index in [0.29, 0.717) is 6.42 Å². The summed E-state index contributed by atoms with van der Waals surface area (Å²) in [5.74, 6) is 1.97. The van der Waals surface area contributed by atoms with Crippen molar-refractivity contribution in [2.24, 2.45) is 5.92 Å². The zero-order valence-electron chi connectivity index (χ0n) is 15.0. The van der Waals surface area contributed by atoms with Gasteiger partial charge < -0.3 is 9.88 Å². The molecule has 0 bridgehead atoms. The van der Waals surface area contributed by atoms with Gasteiger partial charge >= 0.3 is 0 Å². The van der Waals surface area contributed by atoms with E-state index in [1.165, 1.54) is 32.1 Å². The molecule has 4 heteroatoms. The smallest absolute Gasteiger partial charge is 0.220 e. The van der Waals surface area contributed by atoms with Crippen LogP contribution in [0.5, 0.6) is 0 Å². The van der Waals surface area contributed by atoms with Crippen LogP contribution in [0.2, 0.25) is 0 Å². The van der Waals surface area contributed by atoms with Crippen molar-refractivity contribution in [2.75, 3.05) is 6.54 Å². The maximum Gasteiger partial charge on any atom is 0.220 e. The quantitative estimate of drug-likeness (QED) is 0.724. The summed E-state index contributed by atoms with van der Waals surface area (Å²) in [6.07, 6.45) is 13.2. The highest BCUT2D eigenvalue weighted by Gasteiger charge is 2.14. The van der Waals surface area contributed by atoms with Crippen LogP contribution in [-0.4, -0.2) is 22.0 Å². The first kappa shape index (κ1) is 17.7. The molecule has 4 nitrogen and oxygen atoms in total. The third-order valence-electron chi connectivity index (χ3n) is 5.15. The number of carbonyl (C=O) groups is 1. The number of carbonyl (C=O) groups excluding carboxylic acids is 1. The minimum absolute atomic E-state index is 0.208. The first-order valence-electron chi connectivity index (χ1n) is 9.66. The highest BCUT2D eigenvalue weighted by atomic mass is 16.1. The van der Waals surface area contributed by atoms with Crippen molar-refractivity contribution in [3.63, 3.8) is 0 Å². The van der Waals surface area contributed by atoms with Crippen LogP contribution in [0, 0.1) is 5.92 Å². The molecule has 1 aromatic heterocycles. The van der Waals surface area contributed by atoms with E-state index < -0.39 is 0 Å². The lowest BCUT2D eigenvalue weighted by Crippen LogP contribution is -2.25. The van der Waals surface area contributed by atoms with Gasteiger partial charge in [-0.2, -0.15) is 0 Å². The van der Waals surface area contributed by atoms with Crippen molar-refractivity contribution in [1.82, 2.24) is 14.9 Å². The predicted octanol–water partition coefficient (Wildman–Crippen LogP) is 4.42. The number of amides is 1. The van der Waals surface area contributed by atoms with E-state index >= 15 is 0 Å². The largest absolute Gasteiger partial charge is 0.356 e. The second kappa shape index (κ2) is 9.40. The lowest BCUT2D eigenvalue weighted by Gasteiger charge is -2.21. The summed E-state index contributed by atoms with van der Waals surface area (Å²) in [5, 5.41) is 3.07. The molecule has 1 aromatic carbocycles. The van der Waals surface area contributed by atoms with Gasteiger partial charge in [-0.15, -0.1) is 0 Å². The molecule has 0 unspecified atom stereocenters. The van der Waals surface area contributed by atoms with Gasteiger partial charge in [-0.25, -0.2) is 4.98 Å². The van der Waals surface area contributed by atoms with Crippen molar-refractivity contribution < 1.29 is 4.79 Å². The third kappa shape index (κ3) is 5.45. The summed E-state index contributed by atoms with van der Waals surface area (Å²) >= 11 is 0. The van der Waals surface area contributed by atoms with E-state index in [-0.39, 0.29) is 5.91 Å². The Hall–Kier alpha value is -2.10. The molecule has 0 atom stereocenters. The second-order valence-corrected chi connectivity index (χ2v) is 7.06. The third-order valence-corrected chi connectivity index (χ3v) is 5.15. The Bertz CT molecular complexity index is 644. The maximum absolute atomic E-state index is 12.0. The van der Waals surface area contributed by atoms with E-state index in [2.05, 4.69) is 27.0 Å². The van der Waals surface area contributed by atoms with Gasteiger partial charge in [0.05, 0.1) is 0 Å². The van der Waals surface area contributed by atoms with Crippen molar-refractivity contribution in [3.8, 4) is 11.4 Å². The summed E-state index contributed by atoms with van der Waals surface area (Å²) in [6.45, 7) is 1.60. The lowest BCUT2D eigenvalue weighted by atomic mass is 9.86. The van der Waals surface area contributed by atoms with Gasteiger partial charge in [-0.3, -0.25) is 4.79 Å². The molecule has 2 aromatic rings. The number of hydrogen-bond donors (Lipinski definition) is 1. The summed E-state index contributed by atoms with van der Waals surface area (Å²) in [5.41, 5.74) is 1.13. The number of benzene rings is 1. The molecule has 1 heterocycles. The minimum Gasteiger partial charge on any atom is -0.356 e. The molecule has 25 heavy (non-hydrogen) atoms. The van der Waals surface area contributed by atoms with Gasteiger partial charge in [0, 0.05) is 37.5 Å². The molecule has 1 amide bonds. The summed E-state index contributed by atoms with van der Waals surface area (Å²) in [4.78, 5) is 16.5. The van der Waals surface area contributed by atoms with E-state index in [1.807, 2.05) is 30.6 Å². The summed E-state index contributed by atoms with van der Waals surface area (Å²) in [7, 11) is 0. The Morgan fingerprint density at radius 1 is 1.16 bits per heavy atom. The van der Waals surface area contributed by atoms with Crippen LogP contribution in [0.1, 0.15) is 51.4 Å². The van der Waals surface area contributed by atoms with Gasteiger partial charge in [-0.05, 0) is 18.8 Å². The average molecular weight is 339 g/mol. The Balaban J connectivity index is 1.36. The summed E-state index contributed by atoms with van der Waals surface area (Å²) in [6, 6.07) is 10.2. The molecule has 1 N–H and O–H groups in total. The van der Waals surface area contributed by atoms with Gasteiger partial charge in [0.2, 0.25) is 5.91 Å². The molecule has 1 fully saturated rings. The lowest BCUT2D eigenvalue weighted by molar-refractivity contribution is -0.121. The molecular formula is C21H29N3O. The van der Waals surface area contributed by atoms with Gasteiger partial charge in [-0.1, -0.05) is 62.4 Å². The normalized spacial score (nSPS) is 15.2. The van der Waals surface area contributed by atoms with Crippen molar-refractivity contribution in [3.05, 3.63) is 42.7 Å².